The maximum absolute atomic E-state index is 13.2. The summed E-state index contributed by atoms with van der Waals surface area (Å²) >= 11 is 0. The molecule has 2 rings (SSSR count). The Kier molecular flexibility index (Phi) is 6.95. The lowest BCUT2D eigenvalue weighted by molar-refractivity contribution is -0.121. The Morgan fingerprint density at radius 2 is 1.88 bits per heavy atom. The molecule has 1 atom stereocenters. The molecule has 4 N–H and O–H groups in total. The smallest absolute Gasteiger partial charge is 0.312 e. The largest absolute Gasteiger partial charge is 0.379 e. The van der Waals surface area contributed by atoms with E-state index in [2.05, 4.69) is 15.5 Å². The van der Waals surface area contributed by atoms with Crippen LogP contribution < -0.4 is 16.4 Å². The first-order chi connectivity index (χ1) is 11.6. The van der Waals surface area contributed by atoms with Gasteiger partial charge in [-0.2, -0.15) is 0 Å². The molecule has 1 aliphatic heterocycles. The second-order valence-electron chi connectivity index (χ2n) is 5.56. The highest BCUT2D eigenvalue weighted by atomic mass is 19.1. The maximum atomic E-state index is 13.2. The number of hydrogen-bond donors (Lipinski definition) is 3. The van der Waals surface area contributed by atoms with Gasteiger partial charge >= 0.3 is 6.03 Å². The summed E-state index contributed by atoms with van der Waals surface area (Å²) in [5.41, 5.74) is 5.89. The quantitative estimate of drug-likeness (QED) is 0.669. The molecule has 1 aromatic rings. The molecule has 1 heterocycles. The van der Waals surface area contributed by atoms with Gasteiger partial charge in [0.15, 0.2) is 0 Å². The lowest BCUT2D eigenvalue weighted by Crippen LogP contribution is -2.44. The Morgan fingerprint density at radius 1 is 1.21 bits per heavy atom. The fraction of sp³-hybridized carbons (Fsp3) is 0.500. The molecule has 1 unspecified atom stereocenters. The van der Waals surface area contributed by atoms with Crippen LogP contribution in [0.3, 0.4) is 0 Å². The van der Waals surface area contributed by atoms with Crippen molar-refractivity contribution in [1.82, 2.24) is 15.5 Å². The molecule has 7 nitrogen and oxygen atoms in total. The van der Waals surface area contributed by atoms with Gasteiger partial charge in [-0.15, -0.1) is 0 Å². The van der Waals surface area contributed by atoms with Gasteiger partial charge in [-0.3, -0.25) is 9.69 Å². The topological polar surface area (TPSA) is 96.7 Å². The molecule has 1 aromatic carbocycles. The minimum atomic E-state index is -0.652. The fourth-order valence-electron chi connectivity index (χ4n) is 2.63. The van der Waals surface area contributed by atoms with Crippen LogP contribution in [-0.4, -0.2) is 56.2 Å². The number of hydrogen-bond acceptors (Lipinski definition) is 4. The van der Waals surface area contributed by atoms with Gasteiger partial charge in [0.05, 0.1) is 19.3 Å². The van der Waals surface area contributed by atoms with Crippen LogP contribution in [0.2, 0.25) is 0 Å². The molecule has 1 aliphatic rings. The standard InChI is InChI=1S/C16H23FN4O3/c17-13-3-1-12(2-4-13)14(21-7-9-24-10-8-21)11-20-15(22)5-6-19-16(18)23/h1-4,14H,5-11H2,(H,20,22)(H3,18,19,23). The molecule has 3 amide bonds. The predicted octanol–water partition coefficient (Wildman–Crippen LogP) is 0.374. The highest BCUT2D eigenvalue weighted by Crippen LogP contribution is 2.21. The zero-order valence-electron chi connectivity index (χ0n) is 13.5. The number of primary amides is 1. The van der Waals surface area contributed by atoms with Gasteiger partial charge in [-0.25, -0.2) is 9.18 Å². The molecule has 1 saturated heterocycles. The third kappa shape index (κ3) is 5.78. The summed E-state index contributed by atoms with van der Waals surface area (Å²) in [6.07, 6.45) is 0.155. The van der Waals surface area contributed by atoms with Gasteiger partial charge < -0.3 is 21.1 Å². The van der Waals surface area contributed by atoms with E-state index in [1.54, 1.807) is 12.1 Å². The van der Waals surface area contributed by atoms with Crippen molar-refractivity contribution in [2.45, 2.75) is 12.5 Å². The number of nitrogens with two attached hydrogens (primary N) is 1. The van der Waals surface area contributed by atoms with Crippen molar-refractivity contribution in [2.24, 2.45) is 5.73 Å². The van der Waals surface area contributed by atoms with Gasteiger partial charge in [-0.1, -0.05) is 12.1 Å². The minimum absolute atomic E-state index is 0.0532. The van der Waals surface area contributed by atoms with Crippen LogP contribution in [0.15, 0.2) is 24.3 Å². The molecular weight excluding hydrogens is 315 g/mol. The Hall–Kier alpha value is -2.19. The Bertz CT molecular complexity index is 547. The number of morpholine rings is 1. The van der Waals surface area contributed by atoms with Crippen molar-refractivity contribution >= 4 is 11.9 Å². The number of nitrogens with one attached hydrogen (secondary N) is 2. The normalized spacial score (nSPS) is 16.4. The van der Waals surface area contributed by atoms with Gasteiger partial charge in [0, 0.05) is 32.6 Å². The van der Waals surface area contributed by atoms with Gasteiger partial charge in [0.2, 0.25) is 5.91 Å². The number of benzene rings is 1. The molecule has 0 spiro atoms. The summed E-state index contributed by atoms with van der Waals surface area (Å²) < 4.78 is 18.5. The lowest BCUT2D eigenvalue weighted by atomic mass is 10.0. The van der Waals surface area contributed by atoms with Crippen LogP contribution in [0.25, 0.3) is 0 Å². The van der Waals surface area contributed by atoms with Gasteiger partial charge in [0.25, 0.3) is 0 Å². The summed E-state index contributed by atoms with van der Waals surface area (Å²) in [4.78, 5) is 24.7. The van der Waals surface area contributed by atoms with Crippen LogP contribution in [0.1, 0.15) is 18.0 Å². The number of amides is 3. The first kappa shape index (κ1) is 18.2. The molecule has 0 radical (unpaired) electrons. The minimum Gasteiger partial charge on any atom is -0.379 e. The van der Waals surface area contributed by atoms with E-state index in [4.69, 9.17) is 10.5 Å². The summed E-state index contributed by atoms with van der Waals surface area (Å²) in [5, 5.41) is 5.23. The zero-order valence-corrected chi connectivity index (χ0v) is 13.5. The number of carbonyl (C=O) groups is 2. The van der Waals surface area contributed by atoms with Crippen LogP contribution >= 0.6 is 0 Å². The van der Waals surface area contributed by atoms with E-state index in [1.807, 2.05) is 0 Å². The van der Waals surface area contributed by atoms with Gasteiger partial charge in [-0.05, 0) is 17.7 Å². The highest BCUT2D eigenvalue weighted by Gasteiger charge is 2.23. The fourth-order valence-corrected chi connectivity index (χ4v) is 2.63. The summed E-state index contributed by atoms with van der Waals surface area (Å²) in [6.45, 7) is 3.37. The maximum Gasteiger partial charge on any atom is 0.312 e. The van der Waals surface area contributed by atoms with Crippen LogP contribution in [0, 0.1) is 5.82 Å². The number of carbonyl (C=O) groups excluding carboxylic acids is 2. The molecule has 1 fully saturated rings. The zero-order chi connectivity index (χ0) is 17.4. The number of urea groups is 1. The Morgan fingerprint density at radius 3 is 2.50 bits per heavy atom. The molecule has 0 aliphatic carbocycles. The molecule has 0 bridgehead atoms. The van der Waals surface area contributed by atoms with E-state index < -0.39 is 6.03 Å². The second kappa shape index (κ2) is 9.19. The van der Waals surface area contributed by atoms with Crippen molar-refractivity contribution in [3.63, 3.8) is 0 Å². The summed E-state index contributed by atoms with van der Waals surface area (Å²) in [5.74, 6) is -0.467. The summed E-state index contributed by atoms with van der Waals surface area (Å²) in [6, 6.07) is 5.60. The third-order valence-corrected chi connectivity index (χ3v) is 3.89. The van der Waals surface area contributed by atoms with Crippen LogP contribution in [0.5, 0.6) is 0 Å². The number of rotatable bonds is 7. The molecule has 132 valence electrons. The van der Waals surface area contributed by atoms with Crippen molar-refractivity contribution in [3.8, 4) is 0 Å². The van der Waals surface area contributed by atoms with Crippen molar-refractivity contribution in [3.05, 3.63) is 35.6 Å². The van der Waals surface area contributed by atoms with E-state index in [0.717, 1.165) is 18.7 Å². The molecular formula is C16H23FN4O3. The Labute approximate surface area is 140 Å². The molecule has 24 heavy (non-hydrogen) atoms. The molecule has 8 heteroatoms. The first-order valence-corrected chi connectivity index (χ1v) is 7.93. The first-order valence-electron chi connectivity index (χ1n) is 7.93. The lowest BCUT2D eigenvalue weighted by Gasteiger charge is -2.35. The van der Waals surface area contributed by atoms with E-state index in [9.17, 15) is 14.0 Å². The Balaban J connectivity index is 1.94. The third-order valence-electron chi connectivity index (χ3n) is 3.89. The molecule has 0 saturated carbocycles. The summed E-state index contributed by atoms with van der Waals surface area (Å²) in [7, 11) is 0. The monoisotopic (exact) mass is 338 g/mol. The van der Waals surface area contributed by atoms with Crippen LogP contribution in [-0.2, 0) is 9.53 Å². The van der Waals surface area contributed by atoms with E-state index in [0.29, 0.717) is 19.8 Å². The number of ether oxygens (including phenoxy) is 1. The van der Waals surface area contributed by atoms with Gasteiger partial charge in [0.1, 0.15) is 5.82 Å². The SMILES string of the molecule is NC(=O)NCCC(=O)NCC(c1ccc(F)cc1)N1CCOCC1. The average molecular weight is 338 g/mol. The van der Waals surface area contributed by atoms with Crippen LogP contribution in [0.4, 0.5) is 9.18 Å². The molecule has 0 aromatic heterocycles. The van der Waals surface area contributed by atoms with Crippen molar-refractivity contribution in [2.75, 3.05) is 39.4 Å². The van der Waals surface area contributed by atoms with Crippen molar-refractivity contribution in [1.29, 1.82) is 0 Å². The second-order valence-corrected chi connectivity index (χ2v) is 5.56. The predicted molar refractivity (Wildman–Crippen MR) is 86.7 cm³/mol. The highest BCUT2D eigenvalue weighted by molar-refractivity contribution is 5.77. The van der Waals surface area contributed by atoms with E-state index in [1.165, 1.54) is 12.1 Å². The van der Waals surface area contributed by atoms with Crippen molar-refractivity contribution < 1.29 is 18.7 Å². The number of halogens is 1. The van der Waals surface area contributed by atoms with E-state index in [-0.39, 0.29) is 30.7 Å². The van der Waals surface area contributed by atoms with E-state index >= 15 is 0 Å². The number of nitrogens with zero attached hydrogens (tertiary/aromatic N) is 1. The average Bonchev–Trinajstić information content (AvgIpc) is 2.57.